The van der Waals surface area contributed by atoms with E-state index in [1.54, 1.807) is 12.4 Å². The van der Waals surface area contributed by atoms with Gasteiger partial charge in [0.05, 0.1) is 5.52 Å². The predicted octanol–water partition coefficient (Wildman–Crippen LogP) is 2.50. The molecule has 0 amide bonds. The van der Waals surface area contributed by atoms with E-state index in [0.717, 1.165) is 33.3 Å². The summed E-state index contributed by atoms with van der Waals surface area (Å²) >= 11 is 0. The third kappa shape index (κ3) is 2.59. The molecule has 2 heterocycles. The highest BCUT2D eigenvalue weighted by molar-refractivity contribution is 5.97. The molecule has 0 radical (unpaired) electrons. The molecule has 5 heteroatoms. The number of hydrogen-bond donors (Lipinski definition) is 2. The minimum absolute atomic E-state index is 0.318. The Morgan fingerprint density at radius 1 is 1.30 bits per heavy atom. The van der Waals surface area contributed by atoms with Crippen LogP contribution in [0.4, 0.5) is 0 Å². The van der Waals surface area contributed by atoms with Crippen LogP contribution in [0.15, 0.2) is 42.7 Å². The molecule has 23 heavy (non-hydrogen) atoms. The van der Waals surface area contributed by atoms with Crippen LogP contribution in [-0.2, 0) is 18.3 Å². The Balaban J connectivity index is 2.22. The molecule has 1 unspecified atom stereocenters. The van der Waals surface area contributed by atoms with Gasteiger partial charge >= 0.3 is 5.97 Å². The number of para-hydroxylation sites is 1. The van der Waals surface area contributed by atoms with Crippen molar-refractivity contribution in [1.82, 2.24) is 9.55 Å². The maximum atomic E-state index is 11.1. The highest BCUT2D eigenvalue weighted by atomic mass is 16.4. The molecule has 3 rings (SSSR count). The van der Waals surface area contributed by atoms with E-state index in [4.69, 9.17) is 10.8 Å². The molecule has 0 aliphatic rings. The first-order valence-corrected chi connectivity index (χ1v) is 7.46. The van der Waals surface area contributed by atoms with Crippen molar-refractivity contribution in [3.63, 3.8) is 0 Å². The van der Waals surface area contributed by atoms with Gasteiger partial charge in [0.2, 0.25) is 0 Å². The Morgan fingerprint density at radius 3 is 2.65 bits per heavy atom. The molecule has 1 atom stereocenters. The number of carboxylic acids is 1. The number of aryl methyl sites for hydroxylation is 1. The summed E-state index contributed by atoms with van der Waals surface area (Å²) in [5.74, 6) is -0.980. The molecule has 1 aromatic carbocycles. The molecule has 0 aliphatic heterocycles. The SMILES string of the molecule is Cc1c(CC(N)C(=O)O)c2cccc(-c3ccncc3)c2n1C. The van der Waals surface area contributed by atoms with Crippen LogP contribution in [0, 0.1) is 6.92 Å². The lowest BCUT2D eigenvalue weighted by Crippen LogP contribution is -2.32. The lowest BCUT2D eigenvalue weighted by atomic mass is 9.99. The molecule has 5 nitrogen and oxygen atoms in total. The Bertz CT molecular complexity index is 869. The molecule has 3 aromatic rings. The first kappa shape index (κ1) is 15.2. The van der Waals surface area contributed by atoms with Gasteiger partial charge in [0.15, 0.2) is 0 Å². The van der Waals surface area contributed by atoms with Gasteiger partial charge in [-0.25, -0.2) is 0 Å². The van der Waals surface area contributed by atoms with Crippen molar-refractivity contribution in [3.8, 4) is 11.1 Å². The van der Waals surface area contributed by atoms with E-state index >= 15 is 0 Å². The lowest BCUT2D eigenvalue weighted by molar-refractivity contribution is -0.138. The van der Waals surface area contributed by atoms with E-state index in [-0.39, 0.29) is 0 Å². The molecule has 0 spiro atoms. The minimum Gasteiger partial charge on any atom is -0.480 e. The molecule has 118 valence electrons. The van der Waals surface area contributed by atoms with E-state index in [1.165, 1.54) is 0 Å². The van der Waals surface area contributed by atoms with Crippen molar-refractivity contribution < 1.29 is 9.90 Å². The quantitative estimate of drug-likeness (QED) is 0.776. The van der Waals surface area contributed by atoms with Crippen molar-refractivity contribution in [2.45, 2.75) is 19.4 Å². The fraction of sp³-hybridized carbons (Fsp3) is 0.222. The summed E-state index contributed by atoms with van der Waals surface area (Å²) < 4.78 is 2.11. The van der Waals surface area contributed by atoms with E-state index < -0.39 is 12.0 Å². The van der Waals surface area contributed by atoms with E-state index in [1.807, 2.05) is 38.2 Å². The second-order valence-electron chi connectivity index (χ2n) is 5.71. The molecule has 0 fully saturated rings. The Labute approximate surface area is 134 Å². The summed E-state index contributed by atoms with van der Waals surface area (Å²) in [6.45, 7) is 2.00. The van der Waals surface area contributed by atoms with Gasteiger partial charge in [-0.3, -0.25) is 9.78 Å². The monoisotopic (exact) mass is 309 g/mol. The maximum Gasteiger partial charge on any atom is 0.320 e. The number of benzene rings is 1. The zero-order valence-electron chi connectivity index (χ0n) is 13.2. The fourth-order valence-corrected chi connectivity index (χ4v) is 3.04. The highest BCUT2D eigenvalue weighted by Crippen LogP contribution is 2.33. The first-order valence-electron chi connectivity index (χ1n) is 7.46. The normalized spacial score (nSPS) is 12.5. The molecule has 0 saturated heterocycles. The van der Waals surface area contributed by atoms with Crippen LogP contribution in [-0.4, -0.2) is 26.7 Å². The van der Waals surface area contributed by atoms with Gasteiger partial charge in [0.1, 0.15) is 6.04 Å². The average molecular weight is 309 g/mol. The fourth-order valence-electron chi connectivity index (χ4n) is 3.04. The Kier molecular flexibility index (Phi) is 3.88. The van der Waals surface area contributed by atoms with Gasteiger partial charge in [-0.2, -0.15) is 0 Å². The summed E-state index contributed by atoms with van der Waals surface area (Å²) in [6.07, 6.45) is 3.86. The highest BCUT2D eigenvalue weighted by Gasteiger charge is 2.20. The summed E-state index contributed by atoms with van der Waals surface area (Å²) in [5.41, 5.74) is 11.1. The first-order chi connectivity index (χ1) is 11.0. The molecule has 2 aromatic heterocycles. The van der Waals surface area contributed by atoms with Crippen LogP contribution in [0.5, 0.6) is 0 Å². The summed E-state index contributed by atoms with van der Waals surface area (Å²) in [5, 5.41) is 10.2. The lowest BCUT2D eigenvalue weighted by Gasteiger charge is -2.07. The number of aliphatic carboxylic acids is 1. The van der Waals surface area contributed by atoms with Crippen molar-refractivity contribution in [1.29, 1.82) is 0 Å². The van der Waals surface area contributed by atoms with Crippen molar-refractivity contribution >= 4 is 16.9 Å². The largest absolute Gasteiger partial charge is 0.480 e. The molecule has 3 N–H and O–H groups in total. The predicted molar refractivity (Wildman–Crippen MR) is 90.2 cm³/mol. The molecular formula is C18H19N3O2. The number of carbonyl (C=O) groups is 1. The van der Waals surface area contributed by atoms with Crippen LogP contribution in [0.3, 0.4) is 0 Å². The van der Waals surface area contributed by atoms with Gasteiger partial charge < -0.3 is 15.4 Å². The van der Waals surface area contributed by atoms with Gasteiger partial charge in [0, 0.05) is 42.5 Å². The Morgan fingerprint density at radius 2 is 2.00 bits per heavy atom. The second-order valence-corrected chi connectivity index (χ2v) is 5.71. The van der Waals surface area contributed by atoms with Gasteiger partial charge in [-0.1, -0.05) is 18.2 Å². The third-order valence-corrected chi connectivity index (χ3v) is 4.37. The van der Waals surface area contributed by atoms with Gasteiger partial charge in [-0.05, 0) is 30.2 Å². The average Bonchev–Trinajstić information content (AvgIpc) is 2.80. The third-order valence-electron chi connectivity index (χ3n) is 4.37. The Hall–Kier alpha value is -2.66. The van der Waals surface area contributed by atoms with Crippen LogP contribution in [0.25, 0.3) is 22.0 Å². The minimum atomic E-state index is -0.980. The topological polar surface area (TPSA) is 81.1 Å². The van der Waals surface area contributed by atoms with E-state index in [0.29, 0.717) is 6.42 Å². The van der Waals surface area contributed by atoms with Crippen LogP contribution in [0.2, 0.25) is 0 Å². The van der Waals surface area contributed by atoms with Gasteiger partial charge in [-0.15, -0.1) is 0 Å². The summed E-state index contributed by atoms with van der Waals surface area (Å²) in [6, 6.07) is 9.13. The number of fused-ring (bicyclic) bond motifs is 1. The number of rotatable bonds is 4. The number of hydrogen-bond acceptors (Lipinski definition) is 3. The number of carboxylic acid groups (broad SMARTS) is 1. The second kappa shape index (κ2) is 5.85. The maximum absolute atomic E-state index is 11.1. The van der Waals surface area contributed by atoms with Crippen molar-refractivity contribution in [3.05, 3.63) is 54.0 Å². The molecule has 0 bridgehead atoms. The van der Waals surface area contributed by atoms with Crippen LogP contribution in [0.1, 0.15) is 11.3 Å². The molecular weight excluding hydrogens is 290 g/mol. The zero-order valence-corrected chi connectivity index (χ0v) is 13.2. The number of aromatic nitrogens is 2. The standard InChI is InChI=1S/C18H19N3O2/c1-11-15(10-16(19)18(22)23)14-5-3-4-13(17(14)21(11)2)12-6-8-20-9-7-12/h3-9,16H,10,19H2,1-2H3,(H,22,23). The van der Waals surface area contributed by atoms with E-state index in [2.05, 4.69) is 15.6 Å². The van der Waals surface area contributed by atoms with Gasteiger partial charge in [0.25, 0.3) is 0 Å². The van der Waals surface area contributed by atoms with Crippen molar-refractivity contribution in [2.75, 3.05) is 0 Å². The summed E-state index contributed by atoms with van der Waals surface area (Å²) in [4.78, 5) is 15.2. The number of nitrogens with zero attached hydrogens (tertiary/aromatic N) is 2. The molecule has 0 saturated carbocycles. The van der Waals surface area contributed by atoms with Crippen LogP contribution >= 0.6 is 0 Å². The summed E-state index contributed by atoms with van der Waals surface area (Å²) in [7, 11) is 2.00. The van der Waals surface area contributed by atoms with Crippen molar-refractivity contribution in [2.24, 2.45) is 12.8 Å². The number of pyridine rings is 1. The van der Waals surface area contributed by atoms with Crippen LogP contribution < -0.4 is 5.73 Å². The smallest absolute Gasteiger partial charge is 0.320 e. The van der Waals surface area contributed by atoms with E-state index in [9.17, 15) is 4.79 Å². The number of nitrogens with two attached hydrogens (primary N) is 1. The zero-order chi connectivity index (χ0) is 16.6. The molecule has 0 aliphatic carbocycles.